The Labute approximate surface area is 151 Å². The number of para-hydroxylation sites is 1. The molecule has 8 nitrogen and oxygen atoms in total. The Balaban J connectivity index is 1.36. The smallest absolute Gasteiger partial charge is 0.295 e. The van der Waals surface area contributed by atoms with Crippen molar-refractivity contribution < 1.29 is 4.79 Å². The van der Waals surface area contributed by atoms with Gasteiger partial charge in [-0.2, -0.15) is 0 Å². The average molecular weight is 349 g/mol. The van der Waals surface area contributed by atoms with Gasteiger partial charge in [-0.05, 0) is 35.0 Å². The zero-order valence-corrected chi connectivity index (χ0v) is 14.3. The third-order valence-electron chi connectivity index (χ3n) is 4.41. The van der Waals surface area contributed by atoms with Gasteiger partial charge in [0.1, 0.15) is 0 Å². The maximum Gasteiger partial charge on any atom is 0.295 e. The van der Waals surface area contributed by atoms with Crippen LogP contribution in [0, 0.1) is 0 Å². The van der Waals surface area contributed by atoms with Crippen molar-refractivity contribution in [3.05, 3.63) is 66.2 Å². The Morgan fingerprint density at radius 1 is 0.962 bits per heavy atom. The number of nitrogens with zero attached hydrogens (tertiary/aromatic N) is 7. The molecule has 0 saturated carbocycles. The van der Waals surface area contributed by atoms with Crippen molar-refractivity contribution in [3.8, 4) is 5.69 Å². The summed E-state index contributed by atoms with van der Waals surface area (Å²) in [6, 6.07) is 13.5. The van der Waals surface area contributed by atoms with Crippen molar-refractivity contribution in [2.45, 2.75) is 6.54 Å². The van der Waals surface area contributed by atoms with Crippen LogP contribution in [-0.4, -0.2) is 67.1 Å². The summed E-state index contributed by atoms with van der Waals surface area (Å²) in [4.78, 5) is 22.2. The van der Waals surface area contributed by atoms with E-state index >= 15 is 0 Å². The van der Waals surface area contributed by atoms with Gasteiger partial charge in [-0.1, -0.05) is 18.2 Å². The first-order chi connectivity index (χ1) is 12.8. The number of piperazine rings is 1. The number of pyridine rings is 1. The monoisotopic (exact) mass is 349 g/mol. The number of amides is 1. The molecule has 3 aromatic rings. The van der Waals surface area contributed by atoms with Gasteiger partial charge in [0.2, 0.25) is 0 Å². The van der Waals surface area contributed by atoms with E-state index in [1.807, 2.05) is 42.5 Å². The van der Waals surface area contributed by atoms with Crippen LogP contribution >= 0.6 is 0 Å². The van der Waals surface area contributed by atoms with Crippen molar-refractivity contribution in [2.24, 2.45) is 0 Å². The molecule has 0 bridgehead atoms. The van der Waals surface area contributed by atoms with Crippen molar-refractivity contribution in [2.75, 3.05) is 26.2 Å². The van der Waals surface area contributed by atoms with E-state index in [0.717, 1.165) is 25.3 Å². The lowest BCUT2D eigenvalue weighted by Gasteiger charge is -2.34. The van der Waals surface area contributed by atoms with E-state index in [-0.39, 0.29) is 11.7 Å². The Kier molecular flexibility index (Phi) is 4.65. The average Bonchev–Trinajstić information content (AvgIpc) is 3.20. The lowest BCUT2D eigenvalue weighted by molar-refractivity contribution is 0.0616. The summed E-state index contributed by atoms with van der Waals surface area (Å²) in [5.74, 6) is -0.0350. The molecular weight excluding hydrogens is 330 g/mol. The molecule has 1 fully saturated rings. The van der Waals surface area contributed by atoms with Gasteiger partial charge in [0.25, 0.3) is 11.7 Å². The zero-order chi connectivity index (χ0) is 17.8. The van der Waals surface area contributed by atoms with E-state index in [1.54, 1.807) is 17.3 Å². The van der Waals surface area contributed by atoms with Crippen LogP contribution in [0.1, 0.15) is 16.2 Å². The molecule has 4 rings (SSSR count). The lowest BCUT2D eigenvalue weighted by Crippen LogP contribution is -2.48. The molecular formula is C18H19N7O. The number of hydrogen-bond donors (Lipinski definition) is 0. The molecule has 8 heteroatoms. The summed E-state index contributed by atoms with van der Waals surface area (Å²) in [6.45, 7) is 3.82. The van der Waals surface area contributed by atoms with E-state index in [9.17, 15) is 4.79 Å². The van der Waals surface area contributed by atoms with Gasteiger partial charge >= 0.3 is 0 Å². The van der Waals surface area contributed by atoms with Crippen LogP contribution < -0.4 is 0 Å². The molecule has 0 radical (unpaired) electrons. The summed E-state index contributed by atoms with van der Waals surface area (Å²) in [7, 11) is 0. The Hall–Kier alpha value is -3.13. The maximum atomic E-state index is 12.6. The molecule has 0 spiro atoms. The third-order valence-corrected chi connectivity index (χ3v) is 4.41. The Bertz CT molecular complexity index is 858. The number of tetrazole rings is 1. The van der Waals surface area contributed by atoms with E-state index in [0.29, 0.717) is 13.1 Å². The molecule has 132 valence electrons. The largest absolute Gasteiger partial charge is 0.333 e. The second kappa shape index (κ2) is 7.40. The molecule has 3 heterocycles. The molecule has 2 aromatic heterocycles. The van der Waals surface area contributed by atoms with Crippen LogP contribution in [0.25, 0.3) is 5.69 Å². The maximum absolute atomic E-state index is 12.6. The number of carbonyl (C=O) groups is 1. The second-order valence-electron chi connectivity index (χ2n) is 6.16. The van der Waals surface area contributed by atoms with Gasteiger partial charge in [0.15, 0.2) is 0 Å². The zero-order valence-electron chi connectivity index (χ0n) is 14.3. The lowest BCUT2D eigenvalue weighted by atomic mass is 10.2. The van der Waals surface area contributed by atoms with Crippen molar-refractivity contribution in [1.82, 2.24) is 35.0 Å². The first-order valence-electron chi connectivity index (χ1n) is 8.55. The topological polar surface area (TPSA) is 80.0 Å². The van der Waals surface area contributed by atoms with Crippen molar-refractivity contribution in [3.63, 3.8) is 0 Å². The van der Waals surface area contributed by atoms with Crippen LogP contribution in [0.3, 0.4) is 0 Å². The summed E-state index contributed by atoms with van der Waals surface area (Å²) in [6.07, 6.45) is 3.60. The normalized spacial score (nSPS) is 15.2. The first-order valence-corrected chi connectivity index (χ1v) is 8.55. The molecule has 26 heavy (non-hydrogen) atoms. The third kappa shape index (κ3) is 3.60. The van der Waals surface area contributed by atoms with Gasteiger partial charge in [-0.3, -0.25) is 14.7 Å². The summed E-state index contributed by atoms with van der Waals surface area (Å²) >= 11 is 0. The highest BCUT2D eigenvalue weighted by Gasteiger charge is 2.25. The summed E-state index contributed by atoms with van der Waals surface area (Å²) in [5, 5.41) is 12.1. The molecule has 1 aromatic carbocycles. The number of benzene rings is 1. The standard InChI is InChI=1S/C18H19N7O/c26-18(17-20-22-25(21-17)16-4-2-1-3-5-16)24-12-10-23(11-13-24)14-15-6-8-19-9-7-15/h1-9H,10-14H2. The Morgan fingerprint density at radius 2 is 1.69 bits per heavy atom. The minimum absolute atomic E-state index is 0.136. The van der Waals surface area contributed by atoms with Crippen LogP contribution in [0.4, 0.5) is 0 Å². The quantitative estimate of drug-likeness (QED) is 0.699. The molecule has 0 aliphatic carbocycles. The van der Waals surface area contributed by atoms with Gasteiger partial charge in [-0.15, -0.1) is 15.0 Å². The number of aromatic nitrogens is 5. The van der Waals surface area contributed by atoms with Crippen LogP contribution in [-0.2, 0) is 6.54 Å². The fourth-order valence-electron chi connectivity index (χ4n) is 2.97. The van der Waals surface area contributed by atoms with E-state index in [2.05, 4.69) is 25.3 Å². The Morgan fingerprint density at radius 3 is 2.42 bits per heavy atom. The molecule has 1 saturated heterocycles. The van der Waals surface area contributed by atoms with E-state index in [4.69, 9.17) is 0 Å². The summed E-state index contributed by atoms with van der Waals surface area (Å²) < 4.78 is 0. The molecule has 0 N–H and O–H groups in total. The predicted molar refractivity (Wildman–Crippen MR) is 94.6 cm³/mol. The van der Waals surface area contributed by atoms with Crippen LogP contribution in [0.5, 0.6) is 0 Å². The highest BCUT2D eigenvalue weighted by atomic mass is 16.2. The predicted octanol–water partition coefficient (Wildman–Crippen LogP) is 1.02. The van der Waals surface area contributed by atoms with E-state index in [1.165, 1.54) is 10.4 Å². The van der Waals surface area contributed by atoms with E-state index < -0.39 is 0 Å². The van der Waals surface area contributed by atoms with Crippen molar-refractivity contribution >= 4 is 5.91 Å². The first kappa shape index (κ1) is 16.3. The van der Waals surface area contributed by atoms with Crippen LogP contribution in [0.15, 0.2) is 54.9 Å². The SMILES string of the molecule is O=C(c1nnn(-c2ccccc2)n1)N1CCN(Cc2ccncc2)CC1. The minimum atomic E-state index is -0.171. The molecule has 1 amide bonds. The number of rotatable bonds is 4. The van der Waals surface area contributed by atoms with Gasteiger partial charge in [0.05, 0.1) is 5.69 Å². The molecule has 0 unspecified atom stereocenters. The second-order valence-corrected chi connectivity index (χ2v) is 6.16. The minimum Gasteiger partial charge on any atom is -0.333 e. The highest BCUT2D eigenvalue weighted by molar-refractivity contribution is 5.90. The van der Waals surface area contributed by atoms with Gasteiger partial charge < -0.3 is 4.90 Å². The molecule has 1 aliphatic heterocycles. The molecule has 0 atom stereocenters. The fraction of sp³-hybridized carbons (Fsp3) is 0.278. The highest BCUT2D eigenvalue weighted by Crippen LogP contribution is 2.10. The van der Waals surface area contributed by atoms with Gasteiger partial charge in [-0.25, -0.2) is 0 Å². The number of carbonyl (C=O) groups excluding carboxylic acids is 1. The number of hydrogen-bond acceptors (Lipinski definition) is 6. The van der Waals surface area contributed by atoms with Crippen molar-refractivity contribution in [1.29, 1.82) is 0 Å². The molecule has 1 aliphatic rings. The fourth-order valence-corrected chi connectivity index (χ4v) is 2.97. The van der Waals surface area contributed by atoms with Gasteiger partial charge in [0, 0.05) is 45.1 Å². The van der Waals surface area contributed by atoms with Crippen LogP contribution in [0.2, 0.25) is 0 Å². The summed E-state index contributed by atoms with van der Waals surface area (Å²) in [5.41, 5.74) is 2.01.